The zero-order valence-electron chi connectivity index (χ0n) is 6.25. The van der Waals surface area contributed by atoms with E-state index in [0.29, 0.717) is 0 Å². The van der Waals surface area contributed by atoms with Crippen LogP contribution in [0.2, 0.25) is 0 Å². The summed E-state index contributed by atoms with van der Waals surface area (Å²) in [7, 11) is 0. The van der Waals surface area contributed by atoms with Gasteiger partial charge < -0.3 is 0 Å². The third-order valence-electron chi connectivity index (χ3n) is 1.04. The van der Waals surface area contributed by atoms with E-state index in [4.69, 9.17) is 22.8 Å². The molecular formula is C5H15N2PS2. The lowest BCUT2D eigenvalue weighted by Crippen LogP contribution is -2.00. The predicted molar refractivity (Wildman–Crippen MR) is 54.6 cm³/mol. The molecule has 0 heterocycles. The molecule has 0 aromatic rings. The fraction of sp³-hybridized carbons (Fsp3) is 1.00. The fourth-order valence-corrected chi connectivity index (χ4v) is 3.09. The van der Waals surface area contributed by atoms with Crippen molar-refractivity contribution in [2.24, 2.45) is 11.0 Å². The van der Waals surface area contributed by atoms with Crippen LogP contribution in [0, 0.1) is 0 Å². The first-order valence-corrected chi connectivity index (χ1v) is 7.91. The van der Waals surface area contributed by atoms with Crippen LogP contribution < -0.4 is 11.0 Å². The Morgan fingerprint density at radius 3 is 2.40 bits per heavy atom. The predicted octanol–water partition coefficient (Wildman–Crippen LogP) is 2.05. The van der Waals surface area contributed by atoms with Gasteiger partial charge in [-0.2, -0.15) is 0 Å². The van der Waals surface area contributed by atoms with Crippen molar-refractivity contribution in [3.63, 3.8) is 0 Å². The molecule has 62 valence electrons. The molecule has 0 fully saturated rings. The highest BCUT2D eigenvalue weighted by Crippen LogP contribution is 2.43. The van der Waals surface area contributed by atoms with Crippen LogP contribution in [0.1, 0.15) is 26.2 Å². The van der Waals surface area contributed by atoms with Crippen molar-refractivity contribution in [3.8, 4) is 0 Å². The van der Waals surface area contributed by atoms with Gasteiger partial charge in [-0.25, -0.2) is 0 Å². The summed E-state index contributed by atoms with van der Waals surface area (Å²) in [5, 5.41) is 0. The summed E-state index contributed by atoms with van der Waals surface area (Å²) in [4.78, 5) is 0. The van der Waals surface area contributed by atoms with Crippen LogP contribution in [0.4, 0.5) is 0 Å². The molecule has 0 aliphatic heterocycles. The van der Waals surface area contributed by atoms with Gasteiger partial charge in [0.2, 0.25) is 0 Å². The maximum atomic E-state index is 5.48. The number of nitrogens with two attached hydrogens (primary N) is 2. The quantitative estimate of drug-likeness (QED) is 0.524. The maximum Gasteiger partial charge on any atom is 0.122 e. The van der Waals surface area contributed by atoms with Crippen LogP contribution in [0.25, 0.3) is 0 Å². The van der Waals surface area contributed by atoms with Gasteiger partial charge in [-0.3, -0.25) is 11.0 Å². The lowest BCUT2D eigenvalue weighted by molar-refractivity contribution is 0.779. The van der Waals surface area contributed by atoms with Crippen LogP contribution >= 0.6 is 16.9 Å². The van der Waals surface area contributed by atoms with Gasteiger partial charge in [0.25, 0.3) is 0 Å². The minimum absolute atomic E-state index is 1.03. The second-order valence-electron chi connectivity index (χ2n) is 2.19. The van der Waals surface area contributed by atoms with Crippen LogP contribution in [-0.2, 0) is 11.8 Å². The van der Waals surface area contributed by atoms with E-state index in [1.807, 2.05) is 0 Å². The minimum atomic E-state index is -1.96. The molecule has 0 saturated carbocycles. The van der Waals surface area contributed by atoms with E-state index in [0.717, 1.165) is 5.75 Å². The topological polar surface area (TPSA) is 52.0 Å². The molecule has 0 aliphatic rings. The molecule has 0 aromatic carbocycles. The third-order valence-corrected chi connectivity index (χ3v) is 4.62. The van der Waals surface area contributed by atoms with Gasteiger partial charge in [-0.15, -0.1) is 0 Å². The van der Waals surface area contributed by atoms with Crippen molar-refractivity contribution in [3.05, 3.63) is 0 Å². The lowest BCUT2D eigenvalue weighted by atomic mass is 10.3. The molecular weight excluding hydrogens is 183 g/mol. The Kier molecular flexibility index (Phi) is 6.07. The third kappa shape index (κ3) is 8.92. The van der Waals surface area contributed by atoms with Crippen LogP contribution in [0.15, 0.2) is 0 Å². The van der Waals surface area contributed by atoms with Crippen LogP contribution in [0.5, 0.6) is 0 Å². The highest BCUT2D eigenvalue weighted by molar-refractivity contribution is 8.69. The zero-order chi connectivity index (χ0) is 8.04. The fourth-order valence-electron chi connectivity index (χ4n) is 0.559. The molecule has 0 saturated heterocycles. The molecule has 0 unspecified atom stereocenters. The van der Waals surface area contributed by atoms with Crippen molar-refractivity contribution in [2.75, 3.05) is 5.75 Å². The molecule has 0 radical (unpaired) electrons. The number of hydrogen-bond donors (Lipinski definition) is 2. The highest BCUT2D eigenvalue weighted by Gasteiger charge is 2.01. The Balaban J connectivity index is 3.13. The summed E-state index contributed by atoms with van der Waals surface area (Å²) in [5.74, 6) is 1.03. The molecule has 4 N–H and O–H groups in total. The first-order valence-electron chi connectivity index (χ1n) is 3.38. The highest BCUT2D eigenvalue weighted by atomic mass is 32.9. The summed E-state index contributed by atoms with van der Waals surface area (Å²) in [5.41, 5.74) is 9.01. The number of rotatable bonds is 5. The Morgan fingerprint density at radius 2 is 2.00 bits per heavy atom. The average Bonchev–Trinajstić information content (AvgIpc) is 1.78. The number of hydrogen-bond acceptors (Lipinski definition) is 2. The van der Waals surface area contributed by atoms with Gasteiger partial charge in [-0.1, -0.05) is 43.0 Å². The first-order chi connectivity index (χ1) is 4.56. The second kappa shape index (κ2) is 5.56. The largest absolute Gasteiger partial charge is 0.283 e. The molecule has 0 bridgehead atoms. The van der Waals surface area contributed by atoms with E-state index >= 15 is 0 Å². The monoisotopic (exact) mass is 198 g/mol. The number of unbranched alkanes of at least 4 members (excludes halogenated alkanes) is 2. The van der Waals surface area contributed by atoms with Gasteiger partial charge in [0.1, 0.15) is 5.54 Å². The van der Waals surface area contributed by atoms with Gasteiger partial charge in [0, 0.05) is 5.75 Å². The molecule has 2 nitrogen and oxygen atoms in total. The summed E-state index contributed by atoms with van der Waals surface area (Å²) >= 11 is 6.42. The SMILES string of the molecule is CCCCCSP(N)(N)=S. The smallest absolute Gasteiger partial charge is 0.122 e. The maximum absolute atomic E-state index is 5.48. The van der Waals surface area contributed by atoms with Gasteiger partial charge in [0.05, 0.1) is 0 Å². The Bertz CT molecular complexity index is 123. The van der Waals surface area contributed by atoms with Crippen molar-refractivity contribution in [1.29, 1.82) is 0 Å². The van der Waals surface area contributed by atoms with E-state index in [1.165, 1.54) is 19.3 Å². The second-order valence-corrected chi connectivity index (χ2v) is 9.24. The molecule has 0 amide bonds. The normalized spacial score (nSPS) is 11.9. The summed E-state index contributed by atoms with van der Waals surface area (Å²) in [6.07, 6.45) is 3.68. The molecule has 0 spiro atoms. The van der Waals surface area contributed by atoms with E-state index in [9.17, 15) is 0 Å². The average molecular weight is 198 g/mol. The summed E-state index contributed by atoms with van der Waals surface area (Å²) in [6.45, 7) is 2.17. The van der Waals surface area contributed by atoms with Gasteiger partial charge in [-0.05, 0) is 6.42 Å². The lowest BCUT2D eigenvalue weighted by Gasteiger charge is -2.07. The van der Waals surface area contributed by atoms with Gasteiger partial charge >= 0.3 is 0 Å². The Labute approximate surface area is 72.0 Å². The van der Waals surface area contributed by atoms with Crippen molar-refractivity contribution in [2.45, 2.75) is 26.2 Å². The molecule has 5 heteroatoms. The minimum Gasteiger partial charge on any atom is -0.283 e. The van der Waals surface area contributed by atoms with E-state index in [1.54, 1.807) is 11.4 Å². The zero-order valence-corrected chi connectivity index (χ0v) is 8.77. The van der Waals surface area contributed by atoms with E-state index < -0.39 is 5.54 Å². The summed E-state index contributed by atoms with van der Waals surface area (Å²) < 4.78 is 0. The molecule has 0 atom stereocenters. The molecule has 0 aliphatic carbocycles. The van der Waals surface area contributed by atoms with Crippen molar-refractivity contribution < 1.29 is 0 Å². The van der Waals surface area contributed by atoms with E-state index in [2.05, 4.69) is 6.92 Å². The molecule has 0 aromatic heterocycles. The Hall–Kier alpha value is 0.920. The molecule has 0 rings (SSSR count). The van der Waals surface area contributed by atoms with Crippen LogP contribution in [0.3, 0.4) is 0 Å². The summed E-state index contributed by atoms with van der Waals surface area (Å²) in [6, 6.07) is 0. The van der Waals surface area contributed by atoms with Gasteiger partial charge in [0.15, 0.2) is 0 Å². The van der Waals surface area contributed by atoms with E-state index in [-0.39, 0.29) is 0 Å². The Morgan fingerprint density at radius 1 is 1.40 bits per heavy atom. The molecule has 10 heavy (non-hydrogen) atoms. The van der Waals surface area contributed by atoms with Crippen molar-refractivity contribution >= 4 is 28.7 Å². The van der Waals surface area contributed by atoms with Crippen molar-refractivity contribution in [1.82, 2.24) is 0 Å². The first kappa shape index (κ1) is 10.9. The standard InChI is InChI=1S/C5H15N2PS2/c1-2-3-4-5-10-8(6,7)9/h2-5H2,1H3,(H4,6,7,9). The van der Waals surface area contributed by atoms with Crippen LogP contribution in [-0.4, -0.2) is 5.75 Å².